The monoisotopic (exact) mass is 322 g/mol. The van der Waals surface area contributed by atoms with Gasteiger partial charge in [-0.15, -0.1) is 10.2 Å². The Morgan fingerprint density at radius 3 is 2.76 bits per heavy atom. The molecule has 21 heavy (non-hydrogen) atoms. The van der Waals surface area contributed by atoms with Gasteiger partial charge in [0, 0.05) is 11.3 Å². The number of carbonyl (C=O) groups is 2. The summed E-state index contributed by atoms with van der Waals surface area (Å²) in [4.78, 5) is 23.4. The Kier molecular flexibility index (Phi) is 4.92. The third-order valence-corrected chi connectivity index (χ3v) is 4.54. The number of nitrogen functional groups attached to an aromatic ring is 1. The molecule has 2 aromatic rings. The van der Waals surface area contributed by atoms with Gasteiger partial charge in [-0.1, -0.05) is 35.2 Å². The summed E-state index contributed by atoms with van der Waals surface area (Å²) in [7, 11) is 0. The molecule has 2 rings (SSSR count). The summed E-state index contributed by atoms with van der Waals surface area (Å²) in [5, 5.41) is 10.4. The van der Waals surface area contributed by atoms with Crippen molar-refractivity contribution in [3.8, 4) is 0 Å². The summed E-state index contributed by atoms with van der Waals surface area (Å²) in [5.74, 6) is -0.215. The lowest BCUT2D eigenvalue weighted by molar-refractivity contribution is -0.115. The molecule has 3 N–H and O–H groups in total. The third-order valence-electron chi connectivity index (χ3n) is 2.61. The highest BCUT2D eigenvalue weighted by Crippen LogP contribution is 2.28. The number of ketones is 1. The summed E-state index contributed by atoms with van der Waals surface area (Å²) in [6.45, 7) is 3.26. The highest BCUT2D eigenvalue weighted by atomic mass is 32.2. The maximum atomic E-state index is 12.1. The van der Waals surface area contributed by atoms with Crippen molar-refractivity contribution < 1.29 is 9.59 Å². The fraction of sp³-hybridized carbons (Fsp3) is 0.231. The van der Waals surface area contributed by atoms with Crippen LogP contribution in [0.2, 0.25) is 0 Å². The summed E-state index contributed by atoms with van der Waals surface area (Å²) < 4.78 is 0.646. The van der Waals surface area contributed by atoms with Crippen LogP contribution in [0.4, 0.5) is 10.8 Å². The maximum absolute atomic E-state index is 12.1. The van der Waals surface area contributed by atoms with Gasteiger partial charge < -0.3 is 11.1 Å². The van der Waals surface area contributed by atoms with E-state index in [2.05, 4.69) is 15.5 Å². The first-order valence-electron chi connectivity index (χ1n) is 6.13. The Balaban J connectivity index is 2.00. The third kappa shape index (κ3) is 4.27. The number of benzene rings is 1. The van der Waals surface area contributed by atoms with Gasteiger partial charge in [-0.25, -0.2) is 0 Å². The maximum Gasteiger partial charge on any atom is 0.237 e. The number of nitrogens with zero attached hydrogens (tertiary/aromatic N) is 2. The lowest BCUT2D eigenvalue weighted by Gasteiger charge is -2.10. The van der Waals surface area contributed by atoms with Crippen molar-refractivity contribution in [2.24, 2.45) is 0 Å². The summed E-state index contributed by atoms with van der Waals surface area (Å²) in [6, 6.07) is 6.83. The number of nitrogens with one attached hydrogen (secondary N) is 1. The van der Waals surface area contributed by atoms with Gasteiger partial charge in [-0.05, 0) is 26.0 Å². The van der Waals surface area contributed by atoms with Gasteiger partial charge in [-0.2, -0.15) is 0 Å². The zero-order valence-corrected chi connectivity index (χ0v) is 13.1. The first-order chi connectivity index (χ1) is 9.95. The molecule has 1 aromatic heterocycles. The molecule has 0 saturated carbocycles. The second kappa shape index (κ2) is 6.68. The lowest BCUT2D eigenvalue weighted by atomic mass is 10.1. The Labute approximate surface area is 130 Å². The van der Waals surface area contributed by atoms with Gasteiger partial charge in [-0.3, -0.25) is 9.59 Å². The zero-order valence-electron chi connectivity index (χ0n) is 11.5. The number of Topliss-reactive ketones (excluding diaryl/α,β-unsaturated/α-hetero) is 1. The number of amides is 1. The van der Waals surface area contributed by atoms with Gasteiger partial charge in [0.2, 0.25) is 11.0 Å². The SMILES string of the molecule is CC(=O)c1cccc(NC(=O)[C@H](C)Sc2nnc(N)s2)c1. The normalized spacial score (nSPS) is 11.9. The van der Waals surface area contributed by atoms with Crippen molar-refractivity contribution >= 4 is 45.6 Å². The van der Waals surface area contributed by atoms with E-state index < -0.39 is 0 Å². The molecule has 0 saturated heterocycles. The van der Waals surface area contributed by atoms with Crippen LogP contribution in [0.3, 0.4) is 0 Å². The van der Waals surface area contributed by atoms with Gasteiger partial charge >= 0.3 is 0 Å². The van der Waals surface area contributed by atoms with E-state index >= 15 is 0 Å². The fourth-order valence-electron chi connectivity index (χ4n) is 1.53. The number of aromatic nitrogens is 2. The highest BCUT2D eigenvalue weighted by Gasteiger charge is 2.17. The van der Waals surface area contributed by atoms with Crippen molar-refractivity contribution in [2.45, 2.75) is 23.4 Å². The van der Waals surface area contributed by atoms with E-state index in [0.29, 0.717) is 20.7 Å². The Morgan fingerprint density at radius 2 is 2.14 bits per heavy atom. The lowest BCUT2D eigenvalue weighted by Crippen LogP contribution is -2.22. The number of nitrogens with two attached hydrogens (primary N) is 1. The van der Waals surface area contributed by atoms with Crippen LogP contribution in [0.5, 0.6) is 0 Å². The topological polar surface area (TPSA) is 98.0 Å². The average molecular weight is 322 g/mol. The van der Waals surface area contributed by atoms with Crippen LogP contribution in [0.25, 0.3) is 0 Å². The van der Waals surface area contributed by atoms with Crippen LogP contribution in [-0.2, 0) is 4.79 Å². The molecule has 0 aliphatic rings. The molecule has 8 heteroatoms. The molecule has 0 bridgehead atoms. The van der Waals surface area contributed by atoms with E-state index in [9.17, 15) is 9.59 Å². The number of carbonyl (C=O) groups excluding carboxylic acids is 2. The van der Waals surface area contributed by atoms with Crippen molar-refractivity contribution in [1.29, 1.82) is 0 Å². The highest BCUT2D eigenvalue weighted by molar-refractivity contribution is 8.02. The standard InChI is InChI=1S/C13H14N4O2S2/c1-7(18)9-4-3-5-10(6-9)15-11(19)8(2)20-13-17-16-12(14)21-13/h3-6,8H,1-2H3,(H2,14,16)(H,15,19)/t8-/m0/s1. The molecule has 110 valence electrons. The van der Waals surface area contributed by atoms with Crippen LogP contribution >= 0.6 is 23.1 Å². The molecule has 0 spiro atoms. The van der Waals surface area contributed by atoms with Gasteiger partial charge in [0.15, 0.2) is 10.1 Å². The van der Waals surface area contributed by atoms with E-state index in [4.69, 9.17) is 5.73 Å². The predicted molar refractivity (Wildman–Crippen MR) is 84.7 cm³/mol. The first kappa shape index (κ1) is 15.5. The van der Waals surface area contributed by atoms with E-state index in [1.165, 1.54) is 30.0 Å². The predicted octanol–water partition coefficient (Wildman–Crippen LogP) is 2.44. The average Bonchev–Trinajstić information content (AvgIpc) is 2.84. The number of anilines is 2. The number of rotatable bonds is 5. The molecule has 0 aliphatic carbocycles. The van der Waals surface area contributed by atoms with Crippen LogP contribution < -0.4 is 11.1 Å². The second-order valence-corrected chi connectivity index (χ2v) is 6.89. The molecule has 0 radical (unpaired) electrons. The fourth-order valence-corrected chi connectivity index (χ4v) is 3.31. The zero-order chi connectivity index (χ0) is 15.4. The number of thioether (sulfide) groups is 1. The van der Waals surface area contributed by atoms with Crippen LogP contribution in [0, 0.1) is 0 Å². The molecule has 6 nitrogen and oxygen atoms in total. The Morgan fingerprint density at radius 1 is 1.38 bits per heavy atom. The molecule has 0 fully saturated rings. The molecule has 1 aromatic carbocycles. The van der Waals surface area contributed by atoms with Crippen molar-refractivity contribution in [2.75, 3.05) is 11.1 Å². The molecule has 1 atom stereocenters. The van der Waals surface area contributed by atoms with Crippen molar-refractivity contribution in [3.63, 3.8) is 0 Å². The number of hydrogen-bond acceptors (Lipinski definition) is 7. The van der Waals surface area contributed by atoms with Crippen molar-refractivity contribution in [1.82, 2.24) is 10.2 Å². The first-order valence-corrected chi connectivity index (χ1v) is 7.83. The Hall–Kier alpha value is -1.93. The van der Waals surface area contributed by atoms with Crippen molar-refractivity contribution in [3.05, 3.63) is 29.8 Å². The van der Waals surface area contributed by atoms with Crippen LogP contribution in [0.1, 0.15) is 24.2 Å². The van der Waals surface area contributed by atoms with E-state index in [-0.39, 0.29) is 16.9 Å². The minimum Gasteiger partial charge on any atom is -0.374 e. The van der Waals surface area contributed by atoms with Gasteiger partial charge in [0.05, 0.1) is 5.25 Å². The van der Waals surface area contributed by atoms with E-state index in [1.807, 2.05) is 0 Å². The summed E-state index contributed by atoms with van der Waals surface area (Å²) in [5.41, 5.74) is 6.65. The number of hydrogen-bond donors (Lipinski definition) is 2. The molecular formula is C13H14N4O2S2. The largest absolute Gasteiger partial charge is 0.374 e. The minimum absolute atomic E-state index is 0.0437. The minimum atomic E-state index is -0.349. The van der Waals surface area contributed by atoms with E-state index in [1.54, 1.807) is 31.2 Å². The summed E-state index contributed by atoms with van der Waals surface area (Å²) in [6.07, 6.45) is 0. The molecule has 0 aliphatic heterocycles. The molecule has 1 heterocycles. The smallest absolute Gasteiger partial charge is 0.237 e. The quantitative estimate of drug-likeness (QED) is 0.648. The second-order valence-electron chi connectivity index (χ2n) is 4.29. The summed E-state index contributed by atoms with van der Waals surface area (Å²) >= 11 is 2.53. The van der Waals surface area contributed by atoms with Gasteiger partial charge in [0.25, 0.3) is 0 Å². The van der Waals surface area contributed by atoms with Crippen LogP contribution in [-0.4, -0.2) is 27.1 Å². The van der Waals surface area contributed by atoms with Gasteiger partial charge in [0.1, 0.15) is 0 Å². The van der Waals surface area contributed by atoms with E-state index in [0.717, 1.165) is 0 Å². The molecular weight excluding hydrogens is 308 g/mol. The van der Waals surface area contributed by atoms with Crippen LogP contribution in [0.15, 0.2) is 28.6 Å². The Bertz CT molecular complexity index is 672. The molecule has 1 amide bonds. The molecule has 0 unspecified atom stereocenters.